The minimum Gasteiger partial charge on any atom is -0.494 e. The van der Waals surface area contributed by atoms with Crippen LogP contribution in [0.25, 0.3) is 0 Å². The average Bonchev–Trinajstić information content (AvgIpc) is 2.50. The van der Waals surface area contributed by atoms with E-state index in [4.69, 9.17) is 4.74 Å². The first-order chi connectivity index (χ1) is 10.3. The lowest BCUT2D eigenvalue weighted by atomic mass is 10.3. The number of carbonyl (C=O) groups excluding carboxylic acids is 1. The Labute approximate surface area is 125 Å². The fourth-order valence-corrected chi connectivity index (χ4v) is 1.90. The first-order valence-corrected chi connectivity index (χ1v) is 7.09. The highest BCUT2D eigenvalue weighted by atomic mass is 16.5. The van der Waals surface area contributed by atoms with Crippen LogP contribution < -0.4 is 15.4 Å². The van der Waals surface area contributed by atoms with E-state index < -0.39 is 0 Å². The topological polar surface area (TPSA) is 50.4 Å². The summed E-state index contributed by atoms with van der Waals surface area (Å²) in [4.78, 5) is 11.8. The van der Waals surface area contributed by atoms with Crippen LogP contribution in [0.5, 0.6) is 5.75 Å². The molecular formula is C17H20N2O2. The molecule has 0 atom stereocenters. The number of para-hydroxylation sites is 1. The molecule has 0 aliphatic rings. The summed E-state index contributed by atoms with van der Waals surface area (Å²) >= 11 is 0. The van der Waals surface area contributed by atoms with Crippen LogP contribution in [-0.4, -0.2) is 19.1 Å². The number of hydrogen-bond acceptors (Lipinski definition) is 3. The molecule has 4 nitrogen and oxygen atoms in total. The molecule has 21 heavy (non-hydrogen) atoms. The fraction of sp³-hybridized carbons (Fsp3) is 0.235. The second-order valence-corrected chi connectivity index (χ2v) is 4.55. The number of benzene rings is 2. The number of hydrogen-bond donors (Lipinski definition) is 2. The highest BCUT2D eigenvalue weighted by molar-refractivity contribution is 5.90. The summed E-state index contributed by atoms with van der Waals surface area (Å²) in [5.41, 5.74) is 1.80. The molecule has 0 radical (unpaired) electrons. The fourth-order valence-electron chi connectivity index (χ4n) is 1.90. The normalized spacial score (nSPS) is 9.95. The van der Waals surface area contributed by atoms with Crippen LogP contribution in [0, 0.1) is 0 Å². The zero-order chi connectivity index (χ0) is 14.9. The van der Waals surface area contributed by atoms with Crippen molar-refractivity contribution < 1.29 is 9.53 Å². The maximum Gasteiger partial charge on any atom is 0.226 e. The van der Waals surface area contributed by atoms with Crippen LogP contribution in [-0.2, 0) is 4.79 Å². The Balaban J connectivity index is 1.72. The highest BCUT2D eigenvalue weighted by Crippen LogP contribution is 2.15. The van der Waals surface area contributed by atoms with Crippen molar-refractivity contribution in [2.75, 3.05) is 23.8 Å². The Bertz CT molecular complexity index is 553. The van der Waals surface area contributed by atoms with Crippen LogP contribution >= 0.6 is 0 Å². The molecule has 2 aromatic carbocycles. The summed E-state index contributed by atoms with van der Waals surface area (Å²) < 4.78 is 5.38. The van der Waals surface area contributed by atoms with Gasteiger partial charge < -0.3 is 15.4 Å². The molecule has 1 amide bonds. The molecule has 0 aromatic heterocycles. The summed E-state index contributed by atoms with van der Waals surface area (Å²) in [6.07, 6.45) is 0.419. The Morgan fingerprint density at radius 3 is 2.38 bits per heavy atom. The number of nitrogens with one attached hydrogen (secondary N) is 2. The van der Waals surface area contributed by atoms with Crippen molar-refractivity contribution in [1.29, 1.82) is 0 Å². The zero-order valence-corrected chi connectivity index (χ0v) is 12.1. The summed E-state index contributed by atoms with van der Waals surface area (Å²) in [5.74, 6) is 0.851. The van der Waals surface area contributed by atoms with Crippen molar-refractivity contribution in [3.05, 3.63) is 54.6 Å². The molecule has 4 heteroatoms. The molecule has 110 valence electrons. The lowest BCUT2D eigenvalue weighted by Gasteiger charge is -2.08. The van der Waals surface area contributed by atoms with E-state index in [1.165, 1.54) is 0 Å². The maximum absolute atomic E-state index is 11.8. The Kier molecular flexibility index (Phi) is 5.64. The van der Waals surface area contributed by atoms with Gasteiger partial charge in [-0.1, -0.05) is 18.2 Å². The van der Waals surface area contributed by atoms with Gasteiger partial charge in [0.15, 0.2) is 0 Å². The van der Waals surface area contributed by atoms with Crippen molar-refractivity contribution in [2.24, 2.45) is 0 Å². The summed E-state index contributed by atoms with van der Waals surface area (Å²) in [6, 6.07) is 17.2. The number of anilines is 2. The molecular weight excluding hydrogens is 264 g/mol. The van der Waals surface area contributed by atoms with Crippen molar-refractivity contribution >= 4 is 17.3 Å². The molecule has 0 unspecified atom stereocenters. The molecule has 0 spiro atoms. The minimum absolute atomic E-state index is 0.000337. The van der Waals surface area contributed by atoms with Crippen molar-refractivity contribution in [3.63, 3.8) is 0 Å². The Hall–Kier alpha value is -2.49. The third-order valence-electron chi connectivity index (χ3n) is 2.90. The molecule has 2 N–H and O–H groups in total. The van der Waals surface area contributed by atoms with Gasteiger partial charge in [-0.2, -0.15) is 0 Å². The van der Waals surface area contributed by atoms with E-state index >= 15 is 0 Å². The predicted molar refractivity (Wildman–Crippen MR) is 85.8 cm³/mol. The monoisotopic (exact) mass is 284 g/mol. The van der Waals surface area contributed by atoms with Gasteiger partial charge in [-0.25, -0.2) is 0 Å². The average molecular weight is 284 g/mol. The lowest BCUT2D eigenvalue weighted by molar-refractivity contribution is -0.115. The molecule has 0 heterocycles. The second-order valence-electron chi connectivity index (χ2n) is 4.55. The van der Waals surface area contributed by atoms with Gasteiger partial charge in [0.05, 0.1) is 6.61 Å². The van der Waals surface area contributed by atoms with Crippen molar-refractivity contribution in [2.45, 2.75) is 13.3 Å². The van der Waals surface area contributed by atoms with E-state index in [2.05, 4.69) is 10.6 Å². The number of amides is 1. The summed E-state index contributed by atoms with van der Waals surface area (Å²) in [6.45, 7) is 3.20. The van der Waals surface area contributed by atoms with Crippen LogP contribution in [0.15, 0.2) is 54.6 Å². The Morgan fingerprint density at radius 1 is 1.00 bits per heavy atom. The molecule has 0 saturated carbocycles. The number of rotatable bonds is 7. The van der Waals surface area contributed by atoms with Gasteiger partial charge in [-0.3, -0.25) is 4.79 Å². The van der Waals surface area contributed by atoms with E-state index in [0.717, 1.165) is 17.1 Å². The molecule has 0 bridgehead atoms. The largest absolute Gasteiger partial charge is 0.494 e. The predicted octanol–water partition coefficient (Wildman–Crippen LogP) is 3.53. The molecule has 0 aliphatic carbocycles. The van der Waals surface area contributed by atoms with Gasteiger partial charge in [0, 0.05) is 24.3 Å². The van der Waals surface area contributed by atoms with Gasteiger partial charge in [0.1, 0.15) is 5.75 Å². The van der Waals surface area contributed by atoms with Crippen LogP contribution in [0.4, 0.5) is 11.4 Å². The molecule has 0 aliphatic heterocycles. The van der Waals surface area contributed by atoms with E-state index in [-0.39, 0.29) is 5.91 Å². The second kappa shape index (κ2) is 7.94. The number of ether oxygens (including phenoxy) is 1. The van der Waals surface area contributed by atoms with E-state index in [1.807, 2.05) is 61.5 Å². The minimum atomic E-state index is -0.000337. The smallest absolute Gasteiger partial charge is 0.226 e. The third-order valence-corrected chi connectivity index (χ3v) is 2.90. The third kappa shape index (κ3) is 5.18. The van der Waals surface area contributed by atoms with Crippen molar-refractivity contribution in [1.82, 2.24) is 0 Å². The van der Waals surface area contributed by atoms with Crippen LogP contribution in [0.2, 0.25) is 0 Å². The van der Waals surface area contributed by atoms with Gasteiger partial charge in [-0.05, 0) is 43.3 Å². The molecule has 2 aromatic rings. The summed E-state index contributed by atoms with van der Waals surface area (Å²) in [5, 5.41) is 6.07. The first kappa shape index (κ1) is 14.9. The van der Waals surface area contributed by atoms with Gasteiger partial charge in [-0.15, -0.1) is 0 Å². The highest BCUT2D eigenvalue weighted by Gasteiger charge is 2.01. The van der Waals surface area contributed by atoms with Crippen LogP contribution in [0.1, 0.15) is 13.3 Å². The quantitative estimate of drug-likeness (QED) is 0.818. The van der Waals surface area contributed by atoms with Gasteiger partial charge in [0.25, 0.3) is 0 Å². The maximum atomic E-state index is 11.8. The van der Waals surface area contributed by atoms with E-state index in [1.54, 1.807) is 0 Å². The van der Waals surface area contributed by atoms with E-state index in [0.29, 0.717) is 19.6 Å². The standard InChI is InChI=1S/C17H20N2O2/c1-2-21-16-10-8-14(9-11-16)18-13-12-17(20)19-15-6-4-3-5-7-15/h3-11,18H,2,12-13H2,1H3,(H,19,20). The molecule has 2 rings (SSSR count). The molecule has 0 saturated heterocycles. The SMILES string of the molecule is CCOc1ccc(NCCC(=O)Nc2ccccc2)cc1. The number of carbonyl (C=O) groups is 1. The summed E-state index contributed by atoms with van der Waals surface area (Å²) in [7, 11) is 0. The van der Waals surface area contributed by atoms with Gasteiger partial charge >= 0.3 is 0 Å². The van der Waals surface area contributed by atoms with Crippen molar-refractivity contribution in [3.8, 4) is 5.75 Å². The first-order valence-electron chi connectivity index (χ1n) is 7.09. The molecule has 0 fully saturated rings. The Morgan fingerprint density at radius 2 is 1.71 bits per heavy atom. The van der Waals surface area contributed by atoms with Gasteiger partial charge in [0.2, 0.25) is 5.91 Å². The zero-order valence-electron chi connectivity index (χ0n) is 12.1. The van der Waals surface area contributed by atoms with Crippen LogP contribution in [0.3, 0.4) is 0 Å². The lowest BCUT2D eigenvalue weighted by Crippen LogP contribution is -2.16. The van der Waals surface area contributed by atoms with E-state index in [9.17, 15) is 4.79 Å².